The molecule has 0 atom stereocenters. The molecule has 3 rings (SSSR count). The smallest absolute Gasteiger partial charge is 0.224 e. The van der Waals surface area contributed by atoms with Crippen LogP contribution in [-0.4, -0.2) is 35.6 Å². The zero-order chi connectivity index (χ0) is 21.9. The summed E-state index contributed by atoms with van der Waals surface area (Å²) in [6.45, 7) is 1.48. The van der Waals surface area contributed by atoms with Crippen molar-refractivity contribution in [2.24, 2.45) is 0 Å². The van der Waals surface area contributed by atoms with Gasteiger partial charge in [0.25, 0.3) is 0 Å². The molecule has 5 nitrogen and oxygen atoms in total. The van der Waals surface area contributed by atoms with E-state index in [-0.39, 0.29) is 43.4 Å². The largest absolute Gasteiger partial charge is 0.356 e. The fraction of sp³-hybridized carbons (Fsp3) is 0.292. The maximum atomic E-state index is 12.8. The normalized spacial score (nSPS) is 10.6. The molecule has 0 aliphatic carbocycles. The van der Waals surface area contributed by atoms with Gasteiger partial charge >= 0.3 is 0 Å². The summed E-state index contributed by atoms with van der Waals surface area (Å²) < 4.78 is 0. The Morgan fingerprint density at radius 1 is 0.839 bits per heavy atom. The molecule has 0 fully saturated rings. The van der Waals surface area contributed by atoms with Crippen LogP contribution in [0.15, 0.2) is 65.4 Å². The fourth-order valence-electron chi connectivity index (χ4n) is 3.13. The van der Waals surface area contributed by atoms with Gasteiger partial charge < -0.3 is 10.2 Å². The fourth-order valence-corrected chi connectivity index (χ4v) is 4.55. The van der Waals surface area contributed by atoms with Gasteiger partial charge in [0.15, 0.2) is 5.78 Å². The zero-order valence-corrected chi connectivity index (χ0v) is 18.9. The van der Waals surface area contributed by atoms with Gasteiger partial charge in [0.2, 0.25) is 11.8 Å². The Bertz CT molecular complexity index is 954. The molecule has 0 aliphatic rings. The van der Waals surface area contributed by atoms with E-state index in [2.05, 4.69) is 17.4 Å². The van der Waals surface area contributed by atoms with Crippen molar-refractivity contribution in [3.05, 3.63) is 80.7 Å². The predicted octanol–water partition coefficient (Wildman–Crippen LogP) is 4.55. The molecule has 0 aliphatic heterocycles. The first-order valence-corrected chi connectivity index (χ1v) is 12.1. The van der Waals surface area contributed by atoms with Gasteiger partial charge in [-0.3, -0.25) is 14.4 Å². The van der Waals surface area contributed by atoms with E-state index in [9.17, 15) is 14.4 Å². The average molecular weight is 455 g/mol. The number of ketones is 1. The maximum Gasteiger partial charge on any atom is 0.224 e. The van der Waals surface area contributed by atoms with Crippen molar-refractivity contribution in [2.45, 2.75) is 32.2 Å². The SMILES string of the molecule is O=C(CCC(=O)c1cccs1)NCCC(=O)N(CCc1ccccc1)Cc1cccs1. The van der Waals surface area contributed by atoms with E-state index in [1.807, 2.05) is 52.1 Å². The Hall–Kier alpha value is -2.77. The van der Waals surface area contributed by atoms with Crippen molar-refractivity contribution in [3.8, 4) is 0 Å². The monoisotopic (exact) mass is 454 g/mol. The van der Waals surface area contributed by atoms with Gasteiger partial charge in [-0.1, -0.05) is 42.5 Å². The van der Waals surface area contributed by atoms with Crippen LogP contribution in [0.1, 0.15) is 39.4 Å². The molecule has 1 aromatic carbocycles. The Balaban J connectivity index is 1.44. The minimum absolute atomic E-state index is 0.0132. The molecule has 3 aromatic rings. The summed E-state index contributed by atoms with van der Waals surface area (Å²) in [4.78, 5) is 40.5. The molecule has 7 heteroatoms. The van der Waals surface area contributed by atoms with Crippen LogP contribution in [0.3, 0.4) is 0 Å². The standard InChI is InChI=1S/C24H26N2O3S2/c27-21(22-9-5-17-31-22)10-11-23(28)25-14-12-24(29)26(18-20-8-4-16-30-20)15-13-19-6-2-1-3-7-19/h1-9,16-17H,10-15,18H2,(H,25,28). The molecule has 0 spiro atoms. The van der Waals surface area contributed by atoms with Crippen molar-refractivity contribution in [2.75, 3.05) is 13.1 Å². The topological polar surface area (TPSA) is 66.5 Å². The van der Waals surface area contributed by atoms with Gasteiger partial charge in [-0.2, -0.15) is 0 Å². The molecule has 0 unspecified atom stereocenters. The number of nitrogens with one attached hydrogen (secondary N) is 1. The van der Waals surface area contributed by atoms with Gasteiger partial charge in [-0.05, 0) is 34.9 Å². The minimum atomic E-state index is -0.202. The van der Waals surface area contributed by atoms with Crippen LogP contribution in [0, 0.1) is 0 Å². The average Bonchev–Trinajstić information content (AvgIpc) is 3.50. The summed E-state index contributed by atoms with van der Waals surface area (Å²) in [6.07, 6.45) is 1.35. The van der Waals surface area contributed by atoms with E-state index in [0.29, 0.717) is 18.0 Å². The predicted molar refractivity (Wildman–Crippen MR) is 125 cm³/mol. The van der Waals surface area contributed by atoms with E-state index in [0.717, 1.165) is 11.3 Å². The number of hydrogen-bond acceptors (Lipinski definition) is 5. The zero-order valence-electron chi connectivity index (χ0n) is 17.3. The summed E-state index contributed by atoms with van der Waals surface area (Å²) in [5.74, 6) is -0.213. The molecular formula is C24H26N2O3S2. The lowest BCUT2D eigenvalue weighted by Crippen LogP contribution is -2.35. The summed E-state index contributed by atoms with van der Waals surface area (Å²) in [5, 5.41) is 6.62. The van der Waals surface area contributed by atoms with Crippen molar-refractivity contribution < 1.29 is 14.4 Å². The maximum absolute atomic E-state index is 12.8. The van der Waals surface area contributed by atoms with Gasteiger partial charge in [0.1, 0.15) is 0 Å². The molecule has 162 valence electrons. The van der Waals surface area contributed by atoms with E-state index < -0.39 is 0 Å². The van der Waals surface area contributed by atoms with Crippen LogP contribution < -0.4 is 5.32 Å². The Kier molecular flexibility index (Phi) is 8.99. The van der Waals surface area contributed by atoms with Gasteiger partial charge in [0, 0.05) is 37.2 Å². The van der Waals surface area contributed by atoms with Crippen molar-refractivity contribution in [1.82, 2.24) is 10.2 Å². The molecule has 2 amide bonds. The molecule has 2 aromatic heterocycles. The number of benzene rings is 1. The first kappa shape index (κ1) is 22.9. The Labute approximate surface area is 190 Å². The minimum Gasteiger partial charge on any atom is -0.356 e. The summed E-state index contributed by atoms with van der Waals surface area (Å²) in [5.41, 5.74) is 1.19. The van der Waals surface area contributed by atoms with Gasteiger partial charge in [0.05, 0.1) is 11.4 Å². The van der Waals surface area contributed by atoms with Crippen LogP contribution in [0.4, 0.5) is 0 Å². The van der Waals surface area contributed by atoms with Crippen LogP contribution in [-0.2, 0) is 22.6 Å². The third-order valence-corrected chi connectivity index (χ3v) is 6.60. The first-order valence-electron chi connectivity index (χ1n) is 10.3. The Morgan fingerprint density at radius 2 is 1.61 bits per heavy atom. The lowest BCUT2D eigenvalue weighted by molar-refractivity contribution is -0.131. The molecule has 1 N–H and O–H groups in total. The molecule has 31 heavy (non-hydrogen) atoms. The highest BCUT2D eigenvalue weighted by Crippen LogP contribution is 2.14. The highest BCUT2D eigenvalue weighted by Gasteiger charge is 2.15. The summed E-state index contributed by atoms with van der Waals surface area (Å²) in [7, 11) is 0. The quantitative estimate of drug-likeness (QED) is 0.408. The highest BCUT2D eigenvalue weighted by molar-refractivity contribution is 7.12. The second-order valence-corrected chi connectivity index (χ2v) is 9.11. The Morgan fingerprint density at radius 3 is 2.32 bits per heavy atom. The molecule has 0 saturated carbocycles. The number of hydrogen-bond donors (Lipinski definition) is 1. The number of carbonyl (C=O) groups excluding carboxylic acids is 3. The second-order valence-electron chi connectivity index (χ2n) is 7.13. The van der Waals surface area contributed by atoms with Crippen LogP contribution in [0.25, 0.3) is 0 Å². The third kappa shape index (κ3) is 7.77. The van der Waals surface area contributed by atoms with E-state index in [4.69, 9.17) is 0 Å². The molecule has 0 saturated heterocycles. The first-order chi connectivity index (χ1) is 15.1. The van der Waals surface area contributed by atoms with Gasteiger partial charge in [-0.15, -0.1) is 22.7 Å². The number of thiophene rings is 2. The van der Waals surface area contributed by atoms with Crippen molar-refractivity contribution in [1.29, 1.82) is 0 Å². The number of Topliss-reactive ketones (excluding diaryl/α,β-unsaturated/α-hetero) is 1. The van der Waals surface area contributed by atoms with E-state index in [1.165, 1.54) is 16.9 Å². The number of rotatable bonds is 12. The number of nitrogens with zero attached hydrogens (tertiary/aromatic N) is 1. The second kappa shape index (κ2) is 12.2. The van der Waals surface area contributed by atoms with Crippen molar-refractivity contribution >= 4 is 40.3 Å². The third-order valence-electron chi connectivity index (χ3n) is 4.83. The lowest BCUT2D eigenvalue weighted by Gasteiger charge is -2.22. The molecular weight excluding hydrogens is 428 g/mol. The van der Waals surface area contributed by atoms with Crippen LogP contribution >= 0.6 is 22.7 Å². The molecule has 2 heterocycles. The summed E-state index contributed by atoms with van der Waals surface area (Å²) >= 11 is 3.01. The molecule has 0 bridgehead atoms. The van der Waals surface area contributed by atoms with Crippen molar-refractivity contribution in [3.63, 3.8) is 0 Å². The van der Waals surface area contributed by atoms with E-state index in [1.54, 1.807) is 17.4 Å². The number of carbonyl (C=O) groups is 3. The summed E-state index contributed by atoms with van der Waals surface area (Å²) in [6, 6.07) is 17.7. The number of amides is 2. The molecule has 0 radical (unpaired) electrons. The van der Waals surface area contributed by atoms with Crippen LogP contribution in [0.5, 0.6) is 0 Å². The van der Waals surface area contributed by atoms with Gasteiger partial charge in [-0.25, -0.2) is 0 Å². The lowest BCUT2D eigenvalue weighted by atomic mass is 10.1. The highest BCUT2D eigenvalue weighted by atomic mass is 32.1. The van der Waals surface area contributed by atoms with Crippen LogP contribution in [0.2, 0.25) is 0 Å². The van der Waals surface area contributed by atoms with E-state index >= 15 is 0 Å².